The third-order valence-electron chi connectivity index (χ3n) is 5.96. The molecule has 0 aromatic heterocycles. The summed E-state index contributed by atoms with van der Waals surface area (Å²) >= 11 is -2.59. The molecular weight excluding hydrogens is 508 g/mol. The van der Waals surface area contributed by atoms with Gasteiger partial charge in [0.25, 0.3) is 0 Å². The van der Waals surface area contributed by atoms with E-state index < -0.39 is 38.5 Å². The number of hydrogen-bond donors (Lipinski definition) is 0. The van der Waals surface area contributed by atoms with Gasteiger partial charge in [0.05, 0.1) is 0 Å². The van der Waals surface area contributed by atoms with Crippen molar-refractivity contribution in [3.63, 3.8) is 0 Å². The monoisotopic (exact) mass is 558 g/mol. The van der Waals surface area contributed by atoms with Gasteiger partial charge in [0.15, 0.2) is 0 Å². The standard InChI is InChI=1S/C12H22F3OSi.3C4H9.Sn/c1-6-8-10-11(9-7-2,12(13,14)15)16-17(3,4)5;3*1-3-4-2;/h2,7H,6,8-10H2,1,3-5H3;3*1,3-4H2,2H3;. The quantitative estimate of drug-likeness (QED) is 0.162. The zero-order valence-corrected chi connectivity index (χ0v) is 24.7. The van der Waals surface area contributed by atoms with Gasteiger partial charge in [-0.1, -0.05) is 0 Å². The third-order valence-corrected chi connectivity index (χ3v) is 21.2. The van der Waals surface area contributed by atoms with Crippen molar-refractivity contribution in [3.8, 4) is 0 Å². The van der Waals surface area contributed by atoms with Gasteiger partial charge in [-0.05, 0) is 0 Å². The Balaban J connectivity index is 5.88. The summed E-state index contributed by atoms with van der Waals surface area (Å²) in [5, 5.41) is 0. The van der Waals surface area contributed by atoms with E-state index in [-0.39, 0.29) is 12.8 Å². The fourth-order valence-electron chi connectivity index (χ4n) is 4.27. The first kappa shape index (κ1) is 30.5. The van der Waals surface area contributed by atoms with E-state index in [4.69, 9.17) is 4.43 Å². The molecule has 1 atom stereocenters. The second-order valence-corrected chi connectivity index (χ2v) is 27.5. The van der Waals surface area contributed by atoms with Crippen molar-refractivity contribution < 1.29 is 17.6 Å². The van der Waals surface area contributed by atoms with Crippen LogP contribution < -0.4 is 0 Å². The maximum atomic E-state index is 14.3. The van der Waals surface area contributed by atoms with Gasteiger partial charge in [0, 0.05) is 0 Å². The first-order valence-electron chi connectivity index (χ1n) is 12.4. The van der Waals surface area contributed by atoms with Crippen molar-refractivity contribution in [2.45, 2.75) is 137 Å². The van der Waals surface area contributed by atoms with E-state index in [0.717, 1.165) is 6.42 Å². The number of rotatable bonds is 17. The van der Waals surface area contributed by atoms with Gasteiger partial charge >= 0.3 is 191 Å². The summed E-state index contributed by atoms with van der Waals surface area (Å²) in [5.74, 6) is 0. The Hall–Kier alpha value is 0.506. The zero-order chi connectivity index (χ0) is 23.3. The number of unbranched alkanes of at least 4 members (excludes halogenated alkanes) is 4. The average molecular weight is 557 g/mol. The van der Waals surface area contributed by atoms with Crippen molar-refractivity contribution in [3.05, 3.63) is 10.2 Å². The van der Waals surface area contributed by atoms with E-state index in [1.54, 1.807) is 0 Å². The van der Waals surface area contributed by atoms with Crippen LogP contribution in [-0.4, -0.2) is 38.5 Å². The fourth-order valence-corrected chi connectivity index (χ4v) is 20.1. The number of hydrogen-bond acceptors (Lipinski definition) is 1. The first-order valence-corrected chi connectivity index (χ1v) is 23.5. The van der Waals surface area contributed by atoms with Crippen LogP contribution in [0.3, 0.4) is 0 Å². The van der Waals surface area contributed by atoms with Crippen LogP contribution in [0.4, 0.5) is 13.2 Å². The summed E-state index contributed by atoms with van der Waals surface area (Å²) in [7, 11) is -2.35. The summed E-state index contributed by atoms with van der Waals surface area (Å²) in [6, 6.07) is 0. The Bertz CT molecular complexity index is 452. The zero-order valence-electron chi connectivity index (χ0n) is 20.9. The van der Waals surface area contributed by atoms with Crippen LogP contribution in [0.5, 0.6) is 0 Å². The minimum absolute atomic E-state index is 0.0101. The Morgan fingerprint density at radius 2 is 1.20 bits per heavy atom. The second kappa shape index (κ2) is 14.6. The van der Waals surface area contributed by atoms with Gasteiger partial charge < -0.3 is 0 Å². The molecule has 30 heavy (non-hydrogen) atoms. The molecule has 0 heterocycles. The molecule has 0 radical (unpaired) electrons. The van der Waals surface area contributed by atoms with E-state index in [9.17, 15) is 13.2 Å². The number of halogens is 3. The van der Waals surface area contributed by atoms with Crippen molar-refractivity contribution in [1.29, 1.82) is 0 Å². The molecule has 0 aromatic rings. The third kappa shape index (κ3) is 11.4. The van der Waals surface area contributed by atoms with Crippen molar-refractivity contribution in [1.82, 2.24) is 0 Å². The molecule has 1 nitrogen and oxygen atoms in total. The molecule has 0 fully saturated rings. The molecule has 0 amide bonds. The molecule has 0 saturated heterocycles. The SMILES string of the molecule is CCCCC(C/C=[CH]/[Sn]([CH2]CCC)([CH2]CCC)[CH2]CCC)(O[Si](C)(C)C)C(F)(F)F. The molecule has 0 spiro atoms. The normalized spacial score (nSPS) is 15.7. The van der Waals surface area contributed by atoms with Crippen molar-refractivity contribution in [2.75, 3.05) is 0 Å². The maximum absolute atomic E-state index is 14.3. The summed E-state index contributed by atoms with van der Waals surface area (Å²) < 4.78 is 55.2. The predicted octanol–water partition coefficient (Wildman–Crippen LogP) is 9.66. The van der Waals surface area contributed by atoms with Gasteiger partial charge in [0.1, 0.15) is 0 Å². The Morgan fingerprint density at radius 3 is 1.53 bits per heavy atom. The molecule has 0 aromatic carbocycles. The molecule has 0 N–H and O–H groups in total. The van der Waals surface area contributed by atoms with E-state index in [2.05, 4.69) is 24.9 Å². The van der Waals surface area contributed by atoms with Crippen molar-refractivity contribution >= 4 is 26.7 Å². The summed E-state index contributed by atoms with van der Waals surface area (Å²) in [6.07, 6.45) is 6.15. The molecule has 6 heteroatoms. The molecule has 180 valence electrons. The Morgan fingerprint density at radius 1 is 0.767 bits per heavy atom. The first-order chi connectivity index (χ1) is 13.9. The fraction of sp³-hybridized carbons (Fsp3) is 0.917. The van der Waals surface area contributed by atoms with Gasteiger partial charge in [0.2, 0.25) is 0 Å². The predicted molar refractivity (Wildman–Crippen MR) is 131 cm³/mol. The Kier molecular flexibility index (Phi) is 14.9. The van der Waals surface area contributed by atoms with E-state index >= 15 is 0 Å². The average Bonchev–Trinajstić information content (AvgIpc) is 2.64. The number of alkyl halides is 3. The minimum atomic E-state index is -4.33. The van der Waals surface area contributed by atoms with Gasteiger partial charge in [-0.25, -0.2) is 0 Å². The van der Waals surface area contributed by atoms with Gasteiger partial charge in [-0.3, -0.25) is 0 Å². The van der Waals surface area contributed by atoms with Crippen LogP contribution in [-0.2, 0) is 4.43 Å². The van der Waals surface area contributed by atoms with Crippen LogP contribution in [0.1, 0.15) is 91.9 Å². The van der Waals surface area contributed by atoms with Crippen LogP contribution in [0, 0.1) is 0 Å². The Labute approximate surface area is 190 Å². The molecule has 0 bridgehead atoms. The summed E-state index contributed by atoms with van der Waals surface area (Å²) in [4.78, 5) is 0. The molecule has 0 rings (SSSR count). The summed E-state index contributed by atoms with van der Waals surface area (Å²) in [6.45, 7) is 14.2. The van der Waals surface area contributed by atoms with E-state index in [1.165, 1.54) is 51.8 Å². The van der Waals surface area contributed by atoms with Crippen LogP contribution in [0.25, 0.3) is 0 Å². The molecule has 1 unspecified atom stereocenters. The van der Waals surface area contributed by atoms with Crippen molar-refractivity contribution in [2.24, 2.45) is 0 Å². The topological polar surface area (TPSA) is 9.23 Å². The second-order valence-electron chi connectivity index (χ2n) is 10.1. The van der Waals surface area contributed by atoms with Crippen LogP contribution in [0.2, 0.25) is 33.0 Å². The summed E-state index contributed by atoms with van der Waals surface area (Å²) in [5.41, 5.74) is -2.01. The van der Waals surface area contributed by atoms with Crippen LogP contribution >= 0.6 is 0 Å². The molecule has 0 saturated carbocycles. The van der Waals surface area contributed by atoms with Gasteiger partial charge in [-0.2, -0.15) is 0 Å². The molecule has 0 aliphatic rings. The van der Waals surface area contributed by atoms with E-state index in [0.29, 0.717) is 6.42 Å². The molecule has 0 aliphatic heterocycles. The molecular formula is C24H49F3OSiSn. The van der Waals surface area contributed by atoms with E-state index in [1.807, 2.05) is 32.6 Å². The van der Waals surface area contributed by atoms with Gasteiger partial charge in [-0.15, -0.1) is 0 Å². The molecule has 0 aliphatic carbocycles. The van der Waals surface area contributed by atoms with Crippen LogP contribution in [0.15, 0.2) is 10.2 Å².